The van der Waals surface area contributed by atoms with Crippen molar-refractivity contribution in [1.29, 1.82) is 0 Å². The van der Waals surface area contributed by atoms with Crippen LogP contribution < -0.4 is 0 Å². The second-order valence-electron chi connectivity index (χ2n) is 1.53. The maximum atomic E-state index is 10.3. The van der Waals surface area contributed by atoms with E-state index in [0.29, 0.717) is 11.4 Å². The zero-order chi connectivity index (χ0) is 10.7. The summed E-state index contributed by atoms with van der Waals surface area (Å²) in [7, 11) is 0. The smallest absolute Gasteiger partial charge is 0.0523 e. The van der Waals surface area contributed by atoms with Gasteiger partial charge in [0.1, 0.15) is 0 Å². The van der Waals surface area contributed by atoms with Crippen LogP contribution in [0.3, 0.4) is 0 Å². The first-order valence-corrected chi connectivity index (χ1v) is 2.89. The van der Waals surface area contributed by atoms with Crippen LogP contribution in [-0.2, 0) is 0 Å². The standard InChI is InChI=1S/C6H14N2O/c1-3-5-6-8(4-2)7-9/h3-6H2,1-2H3/i4D2,6D2. The molecule has 54 valence electrons. The molecule has 0 unspecified atom stereocenters. The Labute approximate surface area is 61.6 Å². The van der Waals surface area contributed by atoms with Gasteiger partial charge in [0, 0.05) is 13.0 Å². The van der Waals surface area contributed by atoms with Crippen molar-refractivity contribution in [3.63, 3.8) is 0 Å². The van der Waals surface area contributed by atoms with Crippen molar-refractivity contribution in [1.82, 2.24) is 5.01 Å². The quantitative estimate of drug-likeness (QED) is 0.424. The highest BCUT2D eigenvalue weighted by Gasteiger charge is 1.94. The summed E-state index contributed by atoms with van der Waals surface area (Å²) in [4.78, 5) is 10.3. The van der Waals surface area contributed by atoms with Gasteiger partial charge < -0.3 is 0 Å². The molecule has 0 fully saturated rings. The number of nitroso groups, excluding NO2 is 1. The van der Waals surface area contributed by atoms with Crippen molar-refractivity contribution in [2.75, 3.05) is 13.0 Å². The normalized spacial score (nSPS) is 18.9. The van der Waals surface area contributed by atoms with Gasteiger partial charge in [-0.25, -0.2) is 0 Å². The Kier molecular flexibility index (Phi) is 2.18. The predicted molar refractivity (Wildman–Crippen MR) is 38.0 cm³/mol. The van der Waals surface area contributed by atoms with Gasteiger partial charge in [0.05, 0.1) is 10.8 Å². The Hall–Kier alpha value is -0.600. The Balaban J connectivity index is 4.66. The minimum absolute atomic E-state index is 0.0755. The minimum Gasteiger partial charge on any atom is -0.261 e. The molecule has 0 aliphatic heterocycles. The molecule has 0 rings (SSSR count). The molecule has 0 heterocycles. The van der Waals surface area contributed by atoms with E-state index in [9.17, 15) is 4.91 Å². The summed E-state index contributed by atoms with van der Waals surface area (Å²) >= 11 is 0. The van der Waals surface area contributed by atoms with E-state index in [4.69, 9.17) is 5.48 Å². The van der Waals surface area contributed by atoms with E-state index in [-0.39, 0.29) is 6.42 Å². The Morgan fingerprint density at radius 1 is 1.67 bits per heavy atom. The van der Waals surface area contributed by atoms with Crippen molar-refractivity contribution in [3.05, 3.63) is 4.91 Å². The Morgan fingerprint density at radius 3 is 2.67 bits per heavy atom. The van der Waals surface area contributed by atoms with Gasteiger partial charge in [-0.05, 0) is 13.3 Å². The third kappa shape index (κ3) is 3.94. The molecule has 0 saturated carbocycles. The molecule has 0 bridgehead atoms. The molecule has 9 heavy (non-hydrogen) atoms. The van der Waals surface area contributed by atoms with Crippen molar-refractivity contribution < 1.29 is 5.48 Å². The maximum Gasteiger partial charge on any atom is 0.0523 e. The second kappa shape index (κ2) is 5.54. The van der Waals surface area contributed by atoms with E-state index in [1.807, 2.05) is 0 Å². The van der Waals surface area contributed by atoms with E-state index in [1.165, 1.54) is 0 Å². The van der Waals surface area contributed by atoms with Gasteiger partial charge >= 0.3 is 0 Å². The predicted octanol–water partition coefficient (Wildman–Crippen LogP) is 1.79. The molecule has 0 aromatic carbocycles. The fourth-order valence-electron chi connectivity index (χ4n) is 0.366. The van der Waals surface area contributed by atoms with Crippen LogP contribution in [0.1, 0.15) is 32.2 Å². The van der Waals surface area contributed by atoms with Gasteiger partial charge in [-0.3, -0.25) is 5.01 Å². The first kappa shape index (κ1) is 3.54. The third-order valence-electron chi connectivity index (χ3n) is 0.805. The lowest BCUT2D eigenvalue weighted by Crippen LogP contribution is -2.16. The van der Waals surface area contributed by atoms with Gasteiger partial charge in [-0.1, -0.05) is 13.3 Å². The first-order valence-electron chi connectivity index (χ1n) is 4.89. The monoisotopic (exact) mass is 134 g/mol. The van der Waals surface area contributed by atoms with Crippen LogP contribution in [0.25, 0.3) is 0 Å². The molecule has 3 nitrogen and oxygen atoms in total. The third-order valence-corrected chi connectivity index (χ3v) is 0.805. The van der Waals surface area contributed by atoms with E-state index in [0.717, 1.165) is 6.92 Å². The summed E-state index contributed by atoms with van der Waals surface area (Å²) in [5.74, 6) is 0. The molecule has 3 heteroatoms. The van der Waals surface area contributed by atoms with Crippen LogP contribution >= 0.6 is 0 Å². The number of rotatable bonds is 5. The number of nitrogens with zero attached hydrogens (tertiary/aromatic N) is 2. The second-order valence-corrected chi connectivity index (χ2v) is 1.53. The number of hydrogen-bond acceptors (Lipinski definition) is 2. The SMILES string of the molecule is [2H]C([2H])(C)N(N=O)C([2H])([2H])CCC. The van der Waals surface area contributed by atoms with Gasteiger partial charge in [-0.2, -0.15) is 0 Å². The molecule has 0 N–H and O–H groups in total. The average molecular weight is 134 g/mol. The fraction of sp³-hybridized carbons (Fsp3) is 1.00. The van der Waals surface area contributed by atoms with Crippen LogP contribution in [0.4, 0.5) is 0 Å². The summed E-state index contributed by atoms with van der Waals surface area (Å²) in [6.45, 7) is -1.23. The molecule has 0 aromatic heterocycles. The topological polar surface area (TPSA) is 32.7 Å². The molecular formula is C6H14N2O. The Morgan fingerprint density at radius 2 is 2.33 bits per heavy atom. The average Bonchev–Trinajstić information content (AvgIpc) is 1.83. The van der Waals surface area contributed by atoms with Gasteiger partial charge in [0.2, 0.25) is 0 Å². The maximum absolute atomic E-state index is 10.3. The van der Waals surface area contributed by atoms with Crippen molar-refractivity contribution in [2.45, 2.75) is 26.7 Å². The van der Waals surface area contributed by atoms with Crippen molar-refractivity contribution in [3.8, 4) is 0 Å². The molecule has 0 spiro atoms. The molecule has 0 aliphatic carbocycles. The fourth-order valence-corrected chi connectivity index (χ4v) is 0.366. The summed E-state index contributed by atoms with van der Waals surface area (Å²) in [5, 5.41) is 2.71. The molecular weight excluding hydrogens is 116 g/mol. The largest absolute Gasteiger partial charge is 0.261 e. The zero-order valence-electron chi connectivity index (χ0n) is 9.72. The minimum atomic E-state index is -2.07. The van der Waals surface area contributed by atoms with Crippen LogP contribution in [0, 0.1) is 4.91 Å². The Bertz CT molecular complexity index is 180. The lowest BCUT2D eigenvalue weighted by molar-refractivity contribution is 0.294. The van der Waals surface area contributed by atoms with Crippen molar-refractivity contribution >= 4 is 0 Å². The van der Waals surface area contributed by atoms with Crippen LogP contribution in [0.5, 0.6) is 0 Å². The van der Waals surface area contributed by atoms with E-state index >= 15 is 0 Å². The summed E-state index contributed by atoms with van der Waals surface area (Å²) in [6, 6.07) is 0. The number of hydrogen-bond donors (Lipinski definition) is 0. The highest BCUT2D eigenvalue weighted by atomic mass is 16.3. The molecule has 0 atom stereocenters. The highest BCUT2D eigenvalue weighted by molar-refractivity contribution is 4.45. The lowest BCUT2D eigenvalue weighted by Gasteiger charge is -2.10. The van der Waals surface area contributed by atoms with E-state index < -0.39 is 13.0 Å². The molecule has 0 aromatic rings. The van der Waals surface area contributed by atoms with Gasteiger partial charge in [0.15, 0.2) is 0 Å². The van der Waals surface area contributed by atoms with Gasteiger partial charge in [0.25, 0.3) is 0 Å². The van der Waals surface area contributed by atoms with Crippen molar-refractivity contribution in [2.24, 2.45) is 5.29 Å². The van der Waals surface area contributed by atoms with Crippen LogP contribution in [0.2, 0.25) is 0 Å². The summed E-state index contributed by atoms with van der Waals surface area (Å²) in [5.41, 5.74) is 0. The lowest BCUT2D eigenvalue weighted by atomic mass is 10.3. The molecule has 0 aliphatic rings. The van der Waals surface area contributed by atoms with Gasteiger partial charge in [-0.15, -0.1) is 4.91 Å². The zero-order valence-corrected chi connectivity index (χ0v) is 5.72. The first-order chi connectivity index (χ1) is 5.75. The van der Waals surface area contributed by atoms with E-state index in [1.54, 1.807) is 6.92 Å². The van der Waals surface area contributed by atoms with Crippen LogP contribution in [-0.4, -0.2) is 18.0 Å². The van der Waals surface area contributed by atoms with E-state index in [2.05, 4.69) is 5.29 Å². The summed E-state index contributed by atoms with van der Waals surface area (Å²) in [6.07, 6.45) is 0.598. The molecule has 0 radical (unpaired) electrons. The molecule has 0 amide bonds. The highest BCUT2D eigenvalue weighted by Crippen LogP contribution is 1.93. The summed E-state index contributed by atoms with van der Waals surface area (Å²) < 4.78 is 29.2. The van der Waals surface area contributed by atoms with Crippen LogP contribution in [0.15, 0.2) is 5.29 Å². The molecule has 0 saturated heterocycles.